The molecule has 0 unspecified atom stereocenters. The Bertz CT molecular complexity index is 3430. The molecule has 2 aromatic heterocycles. The topological polar surface area (TPSA) is 25.6 Å². The van der Waals surface area contributed by atoms with E-state index in [1.54, 1.807) is 0 Å². The van der Waals surface area contributed by atoms with E-state index in [1.165, 1.54) is 63.0 Å². The molecule has 0 fully saturated rings. The SMILES string of the molecule is CC(C)(C)c1ccc(-c2cc3c4c(c2)Sc2cc(N(c5ccccc5)c5ccc(C(C)(C)C)cc5)ccc2B4c2c(c4oc5ccccc5c4c4c2sc2ccccc24)O3)cc1. The van der Waals surface area contributed by atoms with E-state index in [4.69, 9.17) is 9.15 Å². The number of hydrogen-bond acceptors (Lipinski definition) is 5. The van der Waals surface area contributed by atoms with E-state index in [1.807, 2.05) is 23.1 Å². The Labute approximate surface area is 371 Å². The van der Waals surface area contributed by atoms with Gasteiger partial charge in [-0.25, -0.2) is 0 Å². The van der Waals surface area contributed by atoms with Gasteiger partial charge in [-0.15, -0.1) is 11.3 Å². The molecule has 0 N–H and O–H groups in total. The van der Waals surface area contributed by atoms with Crippen LogP contribution in [0.4, 0.5) is 17.1 Å². The van der Waals surface area contributed by atoms with Crippen molar-refractivity contribution in [3.05, 3.63) is 169 Å². The first-order chi connectivity index (χ1) is 30.0. The molecule has 2 aliphatic rings. The number of para-hydroxylation sites is 2. The fourth-order valence-electron chi connectivity index (χ4n) is 9.72. The van der Waals surface area contributed by atoms with Gasteiger partial charge in [0.25, 0.3) is 6.71 Å². The van der Waals surface area contributed by atoms with Crippen LogP contribution in [-0.2, 0) is 10.8 Å². The van der Waals surface area contributed by atoms with Crippen molar-refractivity contribution in [3.63, 3.8) is 0 Å². The van der Waals surface area contributed by atoms with E-state index in [-0.39, 0.29) is 17.5 Å². The largest absolute Gasteiger partial charge is 0.454 e. The van der Waals surface area contributed by atoms with Gasteiger partial charge in [0.2, 0.25) is 0 Å². The summed E-state index contributed by atoms with van der Waals surface area (Å²) in [7, 11) is 0. The van der Waals surface area contributed by atoms with Gasteiger partial charge in [0, 0.05) is 57.8 Å². The summed E-state index contributed by atoms with van der Waals surface area (Å²) < 4.78 is 16.8. The highest BCUT2D eigenvalue weighted by molar-refractivity contribution is 8.00. The van der Waals surface area contributed by atoms with E-state index < -0.39 is 0 Å². The van der Waals surface area contributed by atoms with Gasteiger partial charge < -0.3 is 14.1 Å². The van der Waals surface area contributed by atoms with Gasteiger partial charge in [-0.1, -0.05) is 156 Å². The lowest BCUT2D eigenvalue weighted by molar-refractivity contribution is 0.480. The van der Waals surface area contributed by atoms with Crippen LogP contribution in [0, 0.1) is 0 Å². The van der Waals surface area contributed by atoms with Crippen molar-refractivity contribution in [2.45, 2.75) is 62.2 Å². The molecule has 6 heteroatoms. The van der Waals surface area contributed by atoms with Gasteiger partial charge in [-0.05, 0) is 105 Å². The minimum Gasteiger partial charge on any atom is -0.454 e. The third-order valence-electron chi connectivity index (χ3n) is 12.9. The predicted octanol–water partition coefficient (Wildman–Crippen LogP) is 14.8. The maximum Gasteiger partial charge on any atom is 0.255 e. The van der Waals surface area contributed by atoms with Gasteiger partial charge in [0.15, 0.2) is 11.3 Å². The first kappa shape index (κ1) is 37.5. The van der Waals surface area contributed by atoms with Crippen molar-refractivity contribution in [1.82, 2.24) is 0 Å². The molecule has 300 valence electrons. The summed E-state index contributed by atoms with van der Waals surface area (Å²) in [6, 6.07) is 58.0. The zero-order valence-electron chi connectivity index (χ0n) is 35.7. The second-order valence-corrected chi connectivity index (χ2v) is 21.0. The van der Waals surface area contributed by atoms with E-state index in [0.29, 0.717) is 0 Å². The number of thiophene rings is 1. The first-order valence-corrected chi connectivity index (χ1v) is 23.2. The molecule has 0 bridgehead atoms. The van der Waals surface area contributed by atoms with Crippen LogP contribution in [0.25, 0.3) is 53.2 Å². The molecule has 0 saturated heterocycles. The summed E-state index contributed by atoms with van der Waals surface area (Å²) >= 11 is 3.73. The summed E-state index contributed by atoms with van der Waals surface area (Å²) in [4.78, 5) is 4.85. The standard InChI is InChI=1S/C56H44BNO2S2/c1-55(2,3)35-22-20-33(21-23-35)34-30-44-50-47(31-34)61-46-32-39(58(37-14-8-7-9-15-37)38-26-24-36(25-27-38)56(4,5)6)28-29-42(46)57(50)51-53(60-44)52-48(40-16-10-12-18-43(40)59-52)49-41-17-11-13-19-45(41)62-54(49)51/h7-32H,1-6H3. The van der Waals surface area contributed by atoms with Crippen LogP contribution in [-0.4, -0.2) is 6.71 Å². The Morgan fingerprint density at radius 3 is 1.92 bits per heavy atom. The molecule has 0 saturated carbocycles. The molecular weight excluding hydrogens is 794 g/mol. The summed E-state index contributed by atoms with van der Waals surface area (Å²) in [5.41, 5.74) is 13.8. The van der Waals surface area contributed by atoms with Gasteiger partial charge in [0.1, 0.15) is 11.3 Å². The Hall–Kier alpha value is -6.21. The van der Waals surface area contributed by atoms with Crippen molar-refractivity contribution in [2.24, 2.45) is 0 Å². The molecular formula is C56H44BNO2S2. The maximum absolute atomic E-state index is 7.33. The number of furan rings is 1. The third kappa shape index (κ3) is 5.80. The first-order valence-electron chi connectivity index (χ1n) is 21.5. The maximum atomic E-state index is 7.33. The van der Waals surface area contributed by atoms with E-state index in [0.717, 1.165) is 56.1 Å². The van der Waals surface area contributed by atoms with Crippen LogP contribution in [0.3, 0.4) is 0 Å². The molecule has 8 aromatic carbocycles. The monoisotopic (exact) mass is 837 g/mol. The average Bonchev–Trinajstić information content (AvgIpc) is 3.85. The molecule has 0 spiro atoms. The summed E-state index contributed by atoms with van der Waals surface area (Å²) in [6.45, 7) is 13.5. The minimum absolute atomic E-state index is 0.0616. The highest BCUT2D eigenvalue weighted by Gasteiger charge is 2.43. The van der Waals surface area contributed by atoms with Crippen LogP contribution in [0.5, 0.6) is 11.5 Å². The Balaban J connectivity index is 1.12. The second-order valence-electron chi connectivity index (χ2n) is 18.9. The van der Waals surface area contributed by atoms with Crippen molar-refractivity contribution in [1.29, 1.82) is 0 Å². The molecule has 0 radical (unpaired) electrons. The van der Waals surface area contributed by atoms with Crippen LogP contribution in [0.1, 0.15) is 52.7 Å². The smallest absolute Gasteiger partial charge is 0.255 e. The lowest BCUT2D eigenvalue weighted by Gasteiger charge is -2.34. The fraction of sp³-hybridized carbons (Fsp3) is 0.143. The molecule has 10 aromatic rings. The van der Waals surface area contributed by atoms with Crippen molar-refractivity contribution >= 4 is 105 Å². The molecule has 12 rings (SSSR count). The molecule has 4 heterocycles. The summed E-state index contributed by atoms with van der Waals surface area (Å²) in [5.74, 6) is 1.72. The summed E-state index contributed by atoms with van der Waals surface area (Å²) in [5, 5.41) is 4.74. The zero-order valence-corrected chi connectivity index (χ0v) is 37.3. The molecule has 0 amide bonds. The third-order valence-corrected chi connectivity index (χ3v) is 15.2. The average molecular weight is 838 g/mol. The van der Waals surface area contributed by atoms with Crippen LogP contribution in [0.15, 0.2) is 172 Å². The van der Waals surface area contributed by atoms with E-state index >= 15 is 0 Å². The molecule has 2 aliphatic heterocycles. The Morgan fingerprint density at radius 2 is 1.18 bits per heavy atom. The van der Waals surface area contributed by atoms with E-state index in [2.05, 4.69) is 204 Å². The summed E-state index contributed by atoms with van der Waals surface area (Å²) in [6.07, 6.45) is 0. The number of rotatable bonds is 4. The van der Waals surface area contributed by atoms with E-state index in [9.17, 15) is 0 Å². The normalized spacial score (nSPS) is 13.4. The fourth-order valence-corrected chi connectivity index (χ4v) is 12.2. The quantitative estimate of drug-likeness (QED) is 0.165. The lowest BCUT2D eigenvalue weighted by Crippen LogP contribution is -2.57. The predicted molar refractivity (Wildman–Crippen MR) is 266 cm³/mol. The minimum atomic E-state index is -0.0733. The number of fused-ring (bicyclic) bond motifs is 13. The van der Waals surface area contributed by atoms with Crippen molar-refractivity contribution in [2.75, 3.05) is 4.90 Å². The molecule has 3 nitrogen and oxygen atoms in total. The van der Waals surface area contributed by atoms with Gasteiger partial charge in [-0.3, -0.25) is 0 Å². The van der Waals surface area contributed by atoms with Crippen LogP contribution >= 0.6 is 23.1 Å². The number of anilines is 3. The van der Waals surface area contributed by atoms with Gasteiger partial charge in [-0.2, -0.15) is 0 Å². The Morgan fingerprint density at radius 1 is 0.532 bits per heavy atom. The van der Waals surface area contributed by atoms with Crippen molar-refractivity contribution < 1.29 is 9.15 Å². The zero-order chi connectivity index (χ0) is 42.1. The van der Waals surface area contributed by atoms with Gasteiger partial charge in [0.05, 0.1) is 0 Å². The van der Waals surface area contributed by atoms with Gasteiger partial charge >= 0.3 is 0 Å². The highest BCUT2D eigenvalue weighted by atomic mass is 32.2. The number of benzene rings is 8. The van der Waals surface area contributed by atoms with Crippen molar-refractivity contribution in [3.8, 4) is 22.6 Å². The Kier molecular flexibility index (Phi) is 8.26. The second kappa shape index (κ2) is 13.6. The molecule has 0 aliphatic carbocycles. The molecule has 0 atom stereocenters. The number of hydrogen-bond donors (Lipinski definition) is 0. The highest BCUT2D eigenvalue weighted by Crippen LogP contribution is 2.50. The number of ether oxygens (including phenoxy) is 1. The van der Waals surface area contributed by atoms with Crippen LogP contribution < -0.4 is 26.0 Å². The molecule has 62 heavy (non-hydrogen) atoms. The number of nitrogens with zero attached hydrogens (tertiary/aromatic N) is 1. The van der Waals surface area contributed by atoms with Crippen LogP contribution in [0.2, 0.25) is 0 Å². The lowest BCUT2D eigenvalue weighted by atomic mass is 9.35.